The summed E-state index contributed by atoms with van der Waals surface area (Å²) in [4.78, 5) is 0. The van der Waals surface area contributed by atoms with Crippen LogP contribution in [0.25, 0.3) is 0 Å². The standard InChI is InChI=1S/C12H17IO3/c1-14-7-4-8-15-9-10-16-12-6-3-2-5-11(12)13/h2-3,5-6H,4,7-10H2,1H3. The summed E-state index contributed by atoms with van der Waals surface area (Å²) < 4.78 is 17.0. The molecule has 16 heavy (non-hydrogen) atoms. The number of rotatable bonds is 8. The molecule has 3 nitrogen and oxygen atoms in total. The van der Waals surface area contributed by atoms with Gasteiger partial charge in [0, 0.05) is 20.3 Å². The van der Waals surface area contributed by atoms with Gasteiger partial charge in [-0.25, -0.2) is 0 Å². The molecule has 0 radical (unpaired) electrons. The maximum Gasteiger partial charge on any atom is 0.132 e. The highest BCUT2D eigenvalue weighted by Gasteiger charge is 1.98. The van der Waals surface area contributed by atoms with E-state index in [-0.39, 0.29) is 0 Å². The molecule has 1 aromatic carbocycles. The number of halogens is 1. The lowest BCUT2D eigenvalue weighted by atomic mass is 10.3. The van der Waals surface area contributed by atoms with Crippen LogP contribution in [0, 0.1) is 3.57 Å². The highest BCUT2D eigenvalue weighted by molar-refractivity contribution is 14.1. The zero-order valence-electron chi connectivity index (χ0n) is 9.45. The van der Waals surface area contributed by atoms with Gasteiger partial charge in [0.15, 0.2) is 0 Å². The molecule has 0 spiro atoms. The lowest BCUT2D eigenvalue weighted by Gasteiger charge is -2.08. The van der Waals surface area contributed by atoms with Gasteiger partial charge in [0.25, 0.3) is 0 Å². The Kier molecular flexibility index (Phi) is 7.54. The number of hydrogen-bond donors (Lipinski definition) is 0. The third-order valence-electron chi connectivity index (χ3n) is 1.96. The third-order valence-corrected chi connectivity index (χ3v) is 2.85. The van der Waals surface area contributed by atoms with Crippen LogP contribution >= 0.6 is 22.6 Å². The van der Waals surface area contributed by atoms with Crippen LogP contribution < -0.4 is 4.74 Å². The fourth-order valence-corrected chi connectivity index (χ4v) is 1.72. The summed E-state index contributed by atoms with van der Waals surface area (Å²) in [6, 6.07) is 7.95. The molecule has 0 aliphatic heterocycles. The minimum absolute atomic E-state index is 0.590. The molecular formula is C12H17IO3. The molecule has 0 saturated carbocycles. The molecule has 0 fully saturated rings. The lowest BCUT2D eigenvalue weighted by Crippen LogP contribution is -2.09. The van der Waals surface area contributed by atoms with Crippen LogP contribution in [0.15, 0.2) is 24.3 Å². The summed E-state index contributed by atoms with van der Waals surface area (Å²) in [5.41, 5.74) is 0. The second kappa shape index (κ2) is 8.78. The second-order valence-electron chi connectivity index (χ2n) is 3.24. The van der Waals surface area contributed by atoms with Gasteiger partial charge in [0.2, 0.25) is 0 Å². The Balaban J connectivity index is 2.05. The van der Waals surface area contributed by atoms with Crippen molar-refractivity contribution >= 4 is 22.6 Å². The summed E-state index contributed by atoms with van der Waals surface area (Å²) in [5, 5.41) is 0. The van der Waals surface area contributed by atoms with Crippen LogP contribution in [0.2, 0.25) is 0 Å². The van der Waals surface area contributed by atoms with Crippen molar-refractivity contribution < 1.29 is 14.2 Å². The van der Waals surface area contributed by atoms with Crippen LogP contribution in [0.1, 0.15) is 6.42 Å². The molecule has 0 bridgehead atoms. The predicted octanol–water partition coefficient (Wildman–Crippen LogP) is 2.72. The highest BCUT2D eigenvalue weighted by atomic mass is 127. The summed E-state index contributed by atoms with van der Waals surface area (Å²) >= 11 is 2.26. The van der Waals surface area contributed by atoms with Gasteiger partial charge in [-0.05, 0) is 41.1 Å². The van der Waals surface area contributed by atoms with Crippen molar-refractivity contribution in [1.82, 2.24) is 0 Å². The van der Waals surface area contributed by atoms with Crippen LogP contribution in [0.4, 0.5) is 0 Å². The Labute approximate surface area is 110 Å². The van der Waals surface area contributed by atoms with Gasteiger partial charge in [-0.2, -0.15) is 0 Å². The van der Waals surface area contributed by atoms with Crippen molar-refractivity contribution in [2.24, 2.45) is 0 Å². The van der Waals surface area contributed by atoms with E-state index in [2.05, 4.69) is 22.6 Å². The van der Waals surface area contributed by atoms with E-state index in [0.717, 1.165) is 29.0 Å². The molecule has 1 rings (SSSR count). The number of para-hydroxylation sites is 1. The first-order valence-corrected chi connectivity index (χ1v) is 6.36. The maximum atomic E-state index is 5.58. The number of ether oxygens (including phenoxy) is 3. The smallest absolute Gasteiger partial charge is 0.132 e. The van der Waals surface area contributed by atoms with Crippen LogP contribution in [0.5, 0.6) is 5.75 Å². The molecule has 0 aromatic heterocycles. The quantitative estimate of drug-likeness (QED) is 0.540. The van der Waals surface area contributed by atoms with Crippen LogP contribution in [-0.4, -0.2) is 33.5 Å². The van der Waals surface area contributed by atoms with E-state index in [9.17, 15) is 0 Å². The molecule has 0 unspecified atom stereocenters. The Morgan fingerprint density at radius 2 is 1.88 bits per heavy atom. The van der Waals surface area contributed by atoms with E-state index in [0.29, 0.717) is 13.2 Å². The normalized spacial score (nSPS) is 10.4. The van der Waals surface area contributed by atoms with Gasteiger partial charge in [-0.1, -0.05) is 12.1 Å². The first kappa shape index (κ1) is 13.7. The first-order valence-electron chi connectivity index (χ1n) is 5.28. The fourth-order valence-electron chi connectivity index (χ4n) is 1.18. The largest absolute Gasteiger partial charge is 0.490 e. The van der Waals surface area contributed by atoms with Crippen molar-refractivity contribution in [3.63, 3.8) is 0 Å². The Morgan fingerprint density at radius 3 is 2.62 bits per heavy atom. The summed E-state index contributed by atoms with van der Waals surface area (Å²) in [6.45, 7) is 2.68. The van der Waals surface area contributed by atoms with Crippen molar-refractivity contribution in [3.05, 3.63) is 27.8 Å². The average molecular weight is 336 g/mol. The van der Waals surface area contributed by atoms with E-state index in [1.54, 1.807) is 7.11 Å². The molecule has 0 aliphatic rings. The van der Waals surface area contributed by atoms with Gasteiger partial charge in [0.1, 0.15) is 12.4 Å². The fraction of sp³-hybridized carbons (Fsp3) is 0.500. The van der Waals surface area contributed by atoms with Crippen molar-refractivity contribution in [1.29, 1.82) is 0 Å². The van der Waals surface area contributed by atoms with Crippen molar-refractivity contribution in [2.75, 3.05) is 33.5 Å². The number of benzene rings is 1. The first-order chi connectivity index (χ1) is 7.84. The minimum atomic E-state index is 0.590. The minimum Gasteiger partial charge on any atom is -0.490 e. The molecule has 0 N–H and O–H groups in total. The van der Waals surface area contributed by atoms with Crippen molar-refractivity contribution in [2.45, 2.75) is 6.42 Å². The summed E-state index contributed by atoms with van der Waals surface area (Å²) in [7, 11) is 1.69. The average Bonchev–Trinajstić information content (AvgIpc) is 2.30. The highest BCUT2D eigenvalue weighted by Crippen LogP contribution is 2.19. The molecule has 90 valence electrons. The van der Waals surface area contributed by atoms with Crippen LogP contribution in [-0.2, 0) is 9.47 Å². The molecule has 0 atom stereocenters. The monoisotopic (exact) mass is 336 g/mol. The molecule has 1 aromatic rings. The molecule has 4 heteroatoms. The third kappa shape index (κ3) is 5.67. The maximum absolute atomic E-state index is 5.58. The van der Waals surface area contributed by atoms with Crippen molar-refractivity contribution in [3.8, 4) is 5.75 Å². The van der Waals surface area contributed by atoms with E-state index in [1.165, 1.54) is 0 Å². The van der Waals surface area contributed by atoms with Gasteiger partial charge in [-0.15, -0.1) is 0 Å². The zero-order chi connectivity index (χ0) is 11.6. The van der Waals surface area contributed by atoms with Crippen LogP contribution in [0.3, 0.4) is 0 Å². The van der Waals surface area contributed by atoms with E-state index >= 15 is 0 Å². The SMILES string of the molecule is COCCCOCCOc1ccccc1I. The zero-order valence-corrected chi connectivity index (χ0v) is 11.6. The lowest BCUT2D eigenvalue weighted by molar-refractivity contribution is 0.0804. The Bertz CT molecular complexity index is 291. The molecule has 0 saturated heterocycles. The predicted molar refractivity (Wildman–Crippen MR) is 72.0 cm³/mol. The van der Waals surface area contributed by atoms with E-state index < -0.39 is 0 Å². The van der Waals surface area contributed by atoms with Gasteiger partial charge in [-0.3, -0.25) is 0 Å². The molecule has 0 amide bonds. The van der Waals surface area contributed by atoms with Gasteiger partial charge >= 0.3 is 0 Å². The van der Waals surface area contributed by atoms with E-state index in [1.807, 2.05) is 24.3 Å². The molecular weight excluding hydrogens is 319 g/mol. The van der Waals surface area contributed by atoms with Gasteiger partial charge in [0.05, 0.1) is 10.2 Å². The van der Waals surface area contributed by atoms with Gasteiger partial charge < -0.3 is 14.2 Å². The molecule has 0 heterocycles. The second-order valence-corrected chi connectivity index (χ2v) is 4.40. The summed E-state index contributed by atoms with van der Waals surface area (Å²) in [6.07, 6.45) is 0.930. The van der Waals surface area contributed by atoms with E-state index in [4.69, 9.17) is 14.2 Å². The number of hydrogen-bond acceptors (Lipinski definition) is 3. The topological polar surface area (TPSA) is 27.7 Å². The summed E-state index contributed by atoms with van der Waals surface area (Å²) in [5.74, 6) is 0.920. The Morgan fingerprint density at radius 1 is 1.06 bits per heavy atom. The number of methoxy groups -OCH3 is 1. The molecule has 0 aliphatic carbocycles. The Hall–Kier alpha value is -0.330.